The maximum atomic E-state index is 12.6. The molecule has 24 heavy (non-hydrogen) atoms. The largest absolute Gasteiger partial charge is 0.504 e. The normalized spacial score (nSPS) is 10.9. The number of hydrogen-bond acceptors (Lipinski definition) is 4. The molecule has 0 spiro atoms. The zero-order valence-electron chi connectivity index (χ0n) is 13.6. The van der Waals surface area contributed by atoms with Crippen molar-refractivity contribution in [1.82, 2.24) is 0 Å². The predicted octanol–water partition coefficient (Wildman–Crippen LogP) is 3.90. The van der Waals surface area contributed by atoms with Gasteiger partial charge in [0.05, 0.1) is 0 Å². The minimum Gasteiger partial charge on any atom is -0.504 e. The van der Waals surface area contributed by atoms with Gasteiger partial charge in [-0.25, -0.2) is 0 Å². The lowest BCUT2D eigenvalue weighted by Gasteiger charge is -2.21. The maximum absolute atomic E-state index is 12.6. The summed E-state index contributed by atoms with van der Waals surface area (Å²) in [6.07, 6.45) is 3.11. The highest BCUT2D eigenvalue weighted by molar-refractivity contribution is 7.99. The van der Waals surface area contributed by atoms with Gasteiger partial charge in [0, 0.05) is 24.1 Å². The molecule has 0 heterocycles. The van der Waals surface area contributed by atoms with Gasteiger partial charge in [-0.15, -0.1) is 0 Å². The second kappa shape index (κ2) is 9.03. The van der Waals surface area contributed by atoms with Crippen molar-refractivity contribution < 1.29 is 15.0 Å². The van der Waals surface area contributed by atoms with Crippen molar-refractivity contribution in [2.75, 3.05) is 23.0 Å². The van der Waals surface area contributed by atoms with E-state index in [1.54, 1.807) is 28.8 Å². The SMILES string of the molecule is CCSCCN(C(=O)/C=C/c1ccc(O)c(O)c1)c1ccccc1. The van der Waals surface area contributed by atoms with Gasteiger partial charge in [-0.2, -0.15) is 11.8 Å². The van der Waals surface area contributed by atoms with E-state index in [1.165, 1.54) is 18.2 Å². The molecule has 2 aromatic carbocycles. The van der Waals surface area contributed by atoms with Gasteiger partial charge in [0.15, 0.2) is 11.5 Å². The first-order chi connectivity index (χ1) is 11.6. The van der Waals surface area contributed by atoms with E-state index in [2.05, 4.69) is 6.92 Å². The Kier molecular flexibility index (Phi) is 6.75. The molecule has 5 heteroatoms. The van der Waals surface area contributed by atoms with Crippen molar-refractivity contribution in [3.63, 3.8) is 0 Å². The summed E-state index contributed by atoms with van der Waals surface area (Å²) in [4.78, 5) is 14.3. The van der Waals surface area contributed by atoms with Crippen LogP contribution in [-0.4, -0.2) is 34.2 Å². The number of phenols is 2. The van der Waals surface area contributed by atoms with Gasteiger partial charge < -0.3 is 15.1 Å². The van der Waals surface area contributed by atoms with Crippen LogP contribution in [-0.2, 0) is 4.79 Å². The maximum Gasteiger partial charge on any atom is 0.251 e. The van der Waals surface area contributed by atoms with Gasteiger partial charge in [-0.1, -0.05) is 31.2 Å². The summed E-state index contributed by atoms with van der Waals surface area (Å²) < 4.78 is 0. The predicted molar refractivity (Wildman–Crippen MR) is 101 cm³/mol. The number of amides is 1. The van der Waals surface area contributed by atoms with Gasteiger partial charge >= 0.3 is 0 Å². The molecule has 0 fully saturated rings. The van der Waals surface area contributed by atoms with Crippen LogP contribution in [0.5, 0.6) is 11.5 Å². The molecule has 2 aromatic rings. The number of nitrogens with zero attached hydrogens (tertiary/aromatic N) is 1. The van der Waals surface area contributed by atoms with Crippen molar-refractivity contribution in [3.05, 3.63) is 60.2 Å². The van der Waals surface area contributed by atoms with E-state index in [-0.39, 0.29) is 17.4 Å². The number of benzene rings is 2. The summed E-state index contributed by atoms with van der Waals surface area (Å²) in [5.74, 6) is 1.38. The standard InChI is InChI=1S/C19H21NO3S/c1-2-24-13-12-20(16-6-4-3-5-7-16)19(23)11-9-15-8-10-17(21)18(22)14-15/h3-11,14,21-22H,2,12-13H2,1H3/b11-9+. The van der Waals surface area contributed by atoms with E-state index in [4.69, 9.17) is 0 Å². The van der Waals surface area contributed by atoms with E-state index in [0.717, 1.165) is 17.2 Å². The average molecular weight is 343 g/mol. The third-order valence-corrected chi connectivity index (χ3v) is 4.29. The molecule has 0 saturated heterocycles. The fourth-order valence-electron chi connectivity index (χ4n) is 2.18. The molecule has 1 amide bonds. The molecule has 0 radical (unpaired) electrons. The van der Waals surface area contributed by atoms with Crippen LogP contribution in [0.2, 0.25) is 0 Å². The molecular weight excluding hydrogens is 322 g/mol. The van der Waals surface area contributed by atoms with Crippen LogP contribution in [0.15, 0.2) is 54.6 Å². The molecule has 126 valence electrons. The zero-order valence-corrected chi connectivity index (χ0v) is 14.4. The highest BCUT2D eigenvalue weighted by atomic mass is 32.2. The first-order valence-electron chi connectivity index (χ1n) is 7.76. The molecule has 0 aliphatic carbocycles. The third kappa shape index (κ3) is 5.06. The quantitative estimate of drug-likeness (QED) is 0.455. The number of hydrogen-bond donors (Lipinski definition) is 2. The molecule has 2 rings (SSSR count). The first kappa shape index (κ1) is 17.9. The number of carbonyl (C=O) groups excluding carboxylic acids is 1. The molecule has 0 bridgehead atoms. The molecule has 0 saturated carbocycles. The fourth-order valence-corrected chi connectivity index (χ4v) is 2.78. The molecule has 4 nitrogen and oxygen atoms in total. The number of phenolic OH excluding ortho intramolecular Hbond substituents is 2. The Morgan fingerprint density at radius 2 is 1.88 bits per heavy atom. The van der Waals surface area contributed by atoms with Gasteiger partial charge in [0.25, 0.3) is 5.91 Å². The van der Waals surface area contributed by atoms with Crippen LogP contribution < -0.4 is 4.90 Å². The van der Waals surface area contributed by atoms with Crippen molar-refractivity contribution >= 4 is 29.4 Å². The number of carbonyl (C=O) groups is 1. The van der Waals surface area contributed by atoms with Crippen LogP contribution >= 0.6 is 11.8 Å². The highest BCUT2D eigenvalue weighted by Gasteiger charge is 2.12. The van der Waals surface area contributed by atoms with Crippen LogP contribution in [0.25, 0.3) is 6.08 Å². The summed E-state index contributed by atoms with van der Waals surface area (Å²) >= 11 is 1.79. The number of rotatable bonds is 7. The topological polar surface area (TPSA) is 60.8 Å². The van der Waals surface area contributed by atoms with Crippen molar-refractivity contribution in [2.45, 2.75) is 6.92 Å². The molecule has 2 N–H and O–H groups in total. The summed E-state index contributed by atoms with van der Waals surface area (Å²) in [5.41, 5.74) is 1.51. The van der Waals surface area contributed by atoms with E-state index in [1.807, 2.05) is 30.3 Å². The summed E-state index contributed by atoms with van der Waals surface area (Å²) in [6, 6.07) is 14.0. The summed E-state index contributed by atoms with van der Waals surface area (Å²) in [5, 5.41) is 18.8. The number of thioether (sulfide) groups is 1. The Labute approximate surface area is 146 Å². The van der Waals surface area contributed by atoms with Crippen molar-refractivity contribution in [1.29, 1.82) is 0 Å². The smallest absolute Gasteiger partial charge is 0.251 e. The molecular formula is C19H21NO3S. The van der Waals surface area contributed by atoms with Crippen LogP contribution in [0, 0.1) is 0 Å². The Balaban J connectivity index is 2.14. The Morgan fingerprint density at radius 3 is 2.54 bits per heavy atom. The van der Waals surface area contributed by atoms with Gasteiger partial charge in [0.2, 0.25) is 0 Å². The van der Waals surface area contributed by atoms with Crippen LogP contribution in [0.3, 0.4) is 0 Å². The first-order valence-corrected chi connectivity index (χ1v) is 8.91. The van der Waals surface area contributed by atoms with Crippen molar-refractivity contribution in [2.24, 2.45) is 0 Å². The second-order valence-corrected chi connectivity index (χ2v) is 6.50. The van der Waals surface area contributed by atoms with Gasteiger partial charge in [0.1, 0.15) is 0 Å². The van der Waals surface area contributed by atoms with E-state index in [0.29, 0.717) is 12.1 Å². The molecule has 0 unspecified atom stereocenters. The lowest BCUT2D eigenvalue weighted by Crippen LogP contribution is -2.31. The van der Waals surface area contributed by atoms with Gasteiger partial charge in [-0.05, 0) is 41.7 Å². The average Bonchev–Trinajstić information content (AvgIpc) is 2.60. The Bertz CT molecular complexity index is 701. The second-order valence-electron chi connectivity index (χ2n) is 5.10. The zero-order chi connectivity index (χ0) is 17.4. The lowest BCUT2D eigenvalue weighted by molar-refractivity contribution is -0.114. The monoisotopic (exact) mass is 343 g/mol. The van der Waals surface area contributed by atoms with Crippen LogP contribution in [0.1, 0.15) is 12.5 Å². The number of aromatic hydroxyl groups is 2. The fraction of sp³-hybridized carbons (Fsp3) is 0.211. The minimum atomic E-state index is -0.205. The number of para-hydroxylation sites is 1. The molecule has 0 aliphatic heterocycles. The van der Waals surface area contributed by atoms with Crippen molar-refractivity contribution in [3.8, 4) is 11.5 Å². The number of anilines is 1. The van der Waals surface area contributed by atoms with Gasteiger partial charge in [-0.3, -0.25) is 4.79 Å². The Morgan fingerprint density at radius 1 is 1.12 bits per heavy atom. The summed E-state index contributed by atoms with van der Waals surface area (Å²) in [7, 11) is 0. The molecule has 0 atom stereocenters. The Hall–Kier alpha value is -2.40. The summed E-state index contributed by atoms with van der Waals surface area (Å²) in [6.45, 7) is 2.73. The van der Waals surface area contributed by atoms with E-state index < -0.39 is 0 Å². The molecule has 0 aliphatic rings. The molecule has 0 aromatic heterocycles. The minimum absolute atomic E-state index is 0.120. The lowest BCUT2D eigenvalue weighted by atomic mass is 10.2. The van der Waals surface area contributed by atoms with E-state index in [9.17, 15) is 15.0 Å². The highest BCUT2D eigenvalue weighted by Crippen LogP contribution is 2.25. The van der Waals surface area contributed by atoms with E-state index >= 15 is 0 Å². The van der Waals surface area contributed by atoms with Crippen LogP contribution in [0.4, 0.5) is 5.69 Å². The third-order valence-electron chi connectivity index (χ3n) is 3.42.